The normalized spacial score (nSPS) is 11.0. The molecule has 0 atom stereocenters. The molecule has 3 aromatic rings. The van der Waals surface area contributed by atoms with Gasteiger partial charge in [0, 0.05) is 26.6 Å². The van der Waals surface area contributed by atoms with Crippen LogP contribution in [0.5, 0.6) is 5.75 Å². The van der Waals surface area contributed by atoms with Crippen LogP contribution in [0.25, 0.3) is 11.0 Å². The molecule has 0 aliphatic rings. The Morgan fingerprint density at radius 2 is 1.90 bits per heavy atom. The van der Waals surface area contributed by atoms with Gasteiger partial charge in [0.1, 0.15) is 18.2 Å². The summed E-state index contributed by atoms with van der Waals surface area (Å²) < 4.78 is 13.0. The first kappa shape index (κ1) is 20.9. The van der Waals surface area contributed by atoms with Gasteiger partial charge in [-0.05, 0) is 43.5 Å². The van der Waals surface area contributed by atoms with E-state index in [-0.39, 0.29) is 12.5 Å². The maximum absolute atomic E-state index is 11.5. The van der Waals surface area contributed by atoms with Gasteiger partial charge in [0.05, 0.1) is 17.6 Å². The summed E-state index contributed by atoms with van der Waals surface area (Å²) in [7, 11) is 1.52. The number of nitrogens with one attached hydrogen (secondary N) is 1. The predicted molar refractivity (Wildman–Crippen MR) is 114 cm³/mol. The van der Waals surface area contributed by atoms with Gasteiger partial charge in [-0.3, -0.25) is 4.79 Å². The van der Waals surface area contributed by atoms with E-state index in [0.717, 1.165) is 54.0 Å². The van der Waals surface area contributed by atoms with E-state index in [9.17, 15) is 4.79 Å². The molecule has 0 aliphatic heterocycles. The number of methoxy groups -OCH3 is 1. The van der Waals surface area contributed by atoms with Crippen molar-refractivity contribution in [1.29, 1.82) is 0 Å². The molecule has 2 aromatic carbocycles. The second kappa shape index (κ2) is 10.6. The number of aromatic nitrogens is 2. The Bertz CT molecular complexity index is 936. The standard InChI is InChI=1S/C23H29N3O3/c1-18-9-3-6-12-21(18)29-16-8-15-26-20-11-5-4-10-19(20)25-22(26)13-7-14-24-23(27)17-28-2/h3-6,9-12H,7-8,13-17H2,1-2H3,(H,24,27). The SMILES string of the molecule is COCC(=O)NCCCc1nc2ccccc2n1CCCOc1ccccc1C. The van der Waals surface area contributed by atoms with Crippen LogP contribution < -0.4 is 10.1 Å². The second-order valence-corrected chi connectivity index (χ2v) is 7.02. The third-order valence-corrected chi connectivity index (χ3v) is 4.79. The molecule has 0 radical (unpaired) electrons. The quantitative estimate of drug-likeness (QED) is 0.505. The maximum Gasteiger partial charge on any atom is 0.245 e. The largest absolute Gasteiger partial charge is 0.493 e. The van der Waals surface area contributed by atoms with Gasteiger partial charge in [-0.25, -0.2) is 4.98 Å². The molecular weight excluding hydrogens is 366 g/mol. The highest BCUT2D eigenvalue weighted by Gasteiger charge is 2.10. The van der Waals surface area contributed by atoms with Crippen LogP contribution in [0.4, 0.5) is 0 Å². The van der Waals surface area contributed by atoms with E-state index in [4.69, 9.17) is 14.5 Å². The summed E-state index contributed by atoms with van der Waals surface area (Å²) in [4.78, 5) is 16.3. The molecule has 0 bridgehead atoms. The number of hydrogen-bond donors (Lipinski definition) is 1. The molecule has 1 amide bonds. The Morgan fingerprint density at radius 3 is 2.72 bits per heavy atom. The minimum absolute atomic E-state index is 0.0886. The molecule has 0 unspecified atom stereocenters. The average molecular weight is 396 g/mol. The smallest absolute Gasteiger partial charge is 0.245 e. The fourth-order valence-corrected chi connectivity index (χ4v) is 3.35. The van der Waals surface area contributed by atoms with Crippen molar-refractivity contribution in [3.63, 3.8) is 0 Å². The number of benzene rings is 2. The summed E-state index contributed by atoms with van der Waals surface area (Å²) in [6, 6.07) is 16.3. The third kappa shape index (κ3) is 5.81. The lowest BCUT2D eigenvalue weighted by Gasteiger charge is -2.12. The number of hydrogen-bond acceptors (Lipinski definition) is 4. The van der Waals surface area contributed by atoms with Crippen molar-refractivity contribution in [2.45, 2.75) is 32.7 Å². The van der Waals surface area contributed by atoms with E-state index in [1.807, 2.05) is 36.4 Å². The second-order valence-electron chi connectivity index (χ2n) is 7.02. The zero-order valence-corrected chi connectivity index (χ0v) is 17.2. The van der Waals surface area contributed by atoms with Gasteiger partial charge in [-0.1, -0.05) is 30.3 Å². The lowest BCUT2D eigenvalue weighted by molar-refractivity contribution is -0.124. The lowest BCUT2D eigenvalue weighted by Crippen LogP contribution is -2.28. The number of ether oxygens (including phenoxy) is 2. The number of amides is 1. The molecule has 6 heteroatoms. The van der Waals surface area contributed by atoms with Gasteiger partial charge >= 0.3 is 0 Å². The van der Waals surface area contributed by atoms with E-state index in [1.165, 1.54) is 7.11 Å². The summed E-state index contributed by atoms with van der Waals surface area (Å²) in [6.45, 7) is 4.27. The highest BCUT2D eigenvalue weighted by atomic mass is 16.5. The van der Waals surface area contributed by atoms with Gasteiger partial charge in [-0.15, -0.1) is 0 Å². The van der Waals surface area contributed by atoms with Gasteiger partial charge in [-0.2, -0.15) is 0 Å². The molecule has 1 heterocycles. The molecule has 0 spiro atoms. The summed E-state index contributed by atoms with van der Waals surface area (Å²) >= 11 is 0. The van der Waals surface area contributed by atoms with Crippen LogP contribution in [0.2, 0.25) is 0 Å². The minimum Gasteiger partial charge on any atom is -0.493 e. The van der Waals surface area contributed by atoms with Crippen molar-refractivity contribution >= 4 is 16.9 Å². The van der Waals surface area contributed by atoms with Crippen LogP contribution >= 0.6 is 0 Å². The number of carbonyl (C=O) groups excluding carboxylic acids is 1. The van der Waals surface area contributed by atoms with E-state index in [1.54, 1.807) is 0 Å². The molecule has 0 saturated heterocycles. The summed E-state index contributed by atoms with van der Waals surface area (Å²) in [5.41, 5.74) is 3.30. The number of fused-ring (bicyclic) bond motifs is 1. The molecule has 6 nitrogen and oxygen atoms in total. The van der Waals surface area contributed by atoms with Crippen molar-refractivity contribution in [3.8, 4) is 5.75 Å². The van der Waals surface area contributed by atoms with Crippen LogP contribution in [0, 0.1) is 6.92 Å². The van der Waals surface area contributed by atoms with Crippen LogP contribution in [0.1, 0.15) is 24.2 Å². The van der Waals surface area contributed by atoms with Gasteiger partial charge < -0.3 is 19.4 Å². The average Bonchev–Trinajstić information content (AvgIpc) is 3.07. The van der Waals surface area contributed by atoms with Gasteiger partial charge in [0.15, 0.2) is 0 Å². The number of aryl methyl sites for hydroxylation is 3. The molecule has 29 heavy (non-hydrogen) atoms. The Labute approximate surface area is 171 Å². The predicted octanol–water partition coefficient (Wildman–Crippen LogP) is 3.51. The van der Waals surface area contributed by atoms with Crippen LogP contribution in [-0.2, 0) is 22.5 Å². The molecule has 0 fully saturated rings. The zero-order valence-electron chi connectivity index (χ0n) is 17.2. The monoisotopic (exact) mass is 395 g/mol. The Balaban J connectivity index is 1.58. The topological polar surface area (TPSA) is 65.4 Å². The van der Waals surface area contributed by atoms with E-state index >= 15 is 0 Å². The van der Waals surface area contributed by atoms with Gasteiger partial charge in [0.2, 0.25) is 5.91 Å². The summed E-state index contributed by atoms with van der Waals surface area (Å²) in [5.74, 6) is 1.90. The first-order chi connectivity index (χ1) is 14.2. The van der Waals surface area contributed by atoms with Gasteiger partial charge in [0.25, 0.3) is 0 Å². The third-order valence-electron chi connectivity index (χ3n) is 4.79. The minimum atomic E-state index is -0.0886. The van der Waals surface area contributed by atoms with Crippen molar-refractivity contribution in [3.05, 3.63) is 59.9 Å². The number of imidazole rings is 1. The molecule has 1 N–H and O–H groups in total. The van der Waals surface area contributed by atoms with E-state index < -0.39 is 0 Å². The molecule has 0 saturated carbocycles. The molecule has 154 valence electrons. The number of nitrogens with zero attached hydrogens (tertiary/aromatic N) is 2. The first-order valence-electron chi connectivity index (χ1n) is 10.1. The Kier molecular flexibility index (Phi) is 7.64. The zero-order chi connectivity index (χ0) is 20.5. The highest BCUT2D eigenvalue weighted by molar-refractivity contribution is 5.77. The Morgan fingerprint density at radius 1 is 1.10 bits per heavy atom. The molecule has 0 aliphatic carbocycles. The van der Waals surface area contributed by atoms with Crippen molar-refractivity contribution < 1.29 is 14.3 Å². The van der Waals surface area contributed by atoms with Crippen LogP contribution in [0.15, 0.2) is 48.5 Å². The summed E-state index contributed by atoms with van der Waals surface area (Å²) in [5, 5.41) is 2.86. The fraction of sp³-hybridized carbons (Fsp3) is 0.391. The maximum atomic E-state index is 11.5. The molecular formula is C23H29N3O3. The van der Waals surface area contributed by atoms with Crippen LogP contribution in [-0.4, -0.2) is 42.3 Å². The van der Waals surface area contributed by atoms with Crippen molar-refractivity contribution in [2.24, 2.45) is 0 Å². The number of rotatable bonds is 11. The lowest BCUT2D eigenvalue weighted by atomic mass is 10.2. The number of para-hydroxylation sites is 3. The van der Waals surface area contributed by atoms with E-state index in [2.05, 4.69) is 28.9 Å². The summed E-state index contributed by atoms with van der Waals surface area (Å²) in [6.07, 6.45) is 2.53. The number of carbonyl (C=O) groups is 1. The first-order valence-corrected chi connectivity index (χ1v) is 10.1. The molecule has 3 rings (SSSR count). The Hall–Kier alpha value is -2.86. The van der Waals surface area contributed by atoms with Crippen molar-refractivity contribution in [1.82, 2.24) is 14.9 Å². The molecule has 1 aromatic heterocycles. The fourth-order valence-electron chi connectivity index (χ4n) is 3.35. The highest BCUT2D eigenvalue weighted by Crippen LogP contribution is 2.19. The van der Waals surface area contributed by atoms with Crippen LogP contribution in [0.3, 0.4) is 0 Å². The van der Waals surface area contributed by atoms with Crippen molar-refractivity contribution in [2.75, 3.05) is 26.9 Å². The van der Waals surface area contributed by atoms with E-state index in [0.29, 0.717) is 13.2 Å².